The van der Waals surface area contributed by atoms with Crippen molar-refractivity contribution in [3.05, 3.63) is 35.9 Å². The van der Waals surface area contributed by atoms with E-state index in [1.54, 1.807) is 30.3 Å². The van der Waals surface area contributed by atoms with E-state index in [-0.39, 0.29) is 12.8 Å². The molecule has 1 aromatic rings. The van der Waals surface area contributed by atoms with E-state index in [1.165, 1.54) is 6.92 Å². The maximum atomic E-state index is 12.3. The molecule has 0 saturated heterocycles. The van der Waals surface area contributed by atoms with Crippen LogP contribution in [0.5, 0.6) is 0 Å². The Morgan fingerprint density at radius 3 is 2.15 bits per heavy atom. The number of sulfone groups is 1. The van der Waals surface area contributed by atoms with Crippen molar-refractivity contribution in [3.8, 4) is 0 Å². The molecule has 6 nitrogen and oxygen atoms in total. The standard InChI is InChI=1S/C13H17NO5S/c1-2-10(12(14)15)20(18,19)11(13(16)17)8-9-6-4-3-5-7-9/h3-7,10-11H,2,8H2,1H3,(H2,14,15)(H,16,17). The number of amides is 1. The predicted octanol–water partition coefficient (Wildman–Crippen LogP) is 0.361. The van der Waals surface area contributed by atoms with Crippen molar-refractivity contribution >= 4 is 21.7 Å². The number of benzene rings is 1. The second-order valence-corrected chi connectivity index (χ2v) is 6.72. The van der Waals surface area contributed by atoms with E-state index in [1.807, 2.05) is 0 Å². The molecule has 7 heteroatoms. The van der Waals surface area contributed by atoms with Crippen molar-refractivity contribution in [3.63, 3.8) is 0 Å². The van der Waals surface area contributed by atoms with Crippen LogP contribution in [0.4, 0.5) is 0 Å². The molecule has 1 aromatic carbocycles. The molecule has 1 rings (SSSR count). The van der Waals surface area contributed by atoms with Crippen LogP contribution in [0.2, 0.25) is 0 Å². The minimum Gasteiger partial charge on any atom is -0.480 e. The monoisotopic (exact) mass is 299 g/mol. The molecule has 0 saturated carbocycles. The average molecular weight is 299 g/mol. The third-order valence-electron chi connectivity index (χ3n) is 3.02. The topological polar surface area (TPSA) is 115 Å². The summed E-state index contributed by atoms with van der Waals surface area (Å²) in [4.78, 5) is 22.5. The summed E-state index contributed by atoms with van der Waals surface area (Å²) < 4.78 is 24.5. The molecule has 2 unspecified atom stereocenters. The highest BCUT2D eigenvalue weighted by molar-refractivity contribution is 7.94. The molecule has 0 fully saturated rings. The summed E-state index contributed by atoms with van der Waals surface area (Å²) in [7, 11) is -4.18. The number of rotatable bonds is 7. The third kappa shape index (κ3) is 3.57. The predicted molar refractivity (Wildman–Crippen MR) is 73.8 cm³/mol. The normalized spacial score (nSPS) is 14.4. The summed E-state index contributed by atoms with van der Waals surface area (Å²) in [5.74, 6) is -2.50. The zero-order chi connectivity index (χ0) is 15.3. The summed E-state index contributed by atoms with van der Waals surface area (Å²) in [5, 5.41) is 6.01. The summed E-state index contributed by atoms with van der Waals surface area (Å²) in [6.07, 6.45) is -0.238. The second kappa shape index (κ2) is 6.51. The van der Waals surface area contributed by atoms with Crippen molar-refractivity contribution in [1.29, 1.82) is 0 Å². The van der Waals surface area contributed by atoms with Crippen LogP contribution in [0.15, 0.2) is 30.3 Å². The summed E-state index contributed by atoms with van der Waals surface area (Å²) >= 11 is 0. The van der Waals surface area contributed by atoms with E-state index in [4.69, 9.17) is 10.8 Å². The molecule has 0 aliphatic heterocycles. The Morgan fingerprint density at radius 2 is 1.75 bits per heavy atom. The maximum Gasteiger partial charge on any atom is 0.322 e. The van der Waals surface area contributed by atoms with Crippen molar-refractivity contribution < 1.29 is 23.1 Å². The first-order valence-corrected chi connectivity index (χ1v) is 7.70. The van der Waals surface area contributed by atoms with Crippen molar-refractivity contribution in [2.24, 2.45) is 5.73 Å². The van der Waals surface area contributed by atoms with Crippen molar-refractivity contribution in [2.45, 2.75) is 30.3 Å². The number of carbonyl (C=O) groups is 2. The minimum atomic E-state index is -4.18. The van der Waals surface area contributed by atoms with E-state index in [9.17, 15) is 18.0 Å². The van der Waals surface area contributed by atoms with E-state index in [2.05, 4.69) is 0 Å². The maximum absolute atomic E-state index is 12.3. The lowest BCUT2D eigenvalue weighted by Gasteiger charge is -2.18. The number of carboxylic acids is 1. The van der Waals surface area contributed by atoms with Gasteiger partial charge in [0.1, 0.15) is 5.25 Å². The SMILES string of the molecule is CCC(C(N)=O)S(=O)(=O)C(Cc1ccccc1)C(=O)O. The Morgan fingerprint density at radius 1 is 1.20 bits per heavy atom. The summed E-state index contributed by atoms with van der Waals surface area (Å²) in [5.41, 5.74) is 5.63. The van der Waals surface area contributed by atoms with Crippen molar-refractivity contribution in [1.82, 2.24) is 0 Å². The van der Waals surface area contributed by atoms with Gasteiger partial charge in [-0.05, 0) is 18.4 Å². The van der Waals surface area contributed by atoms with Crippen molar-refractivity contribution in [2.75, 3.05) is 0 Å². The van der Waals surface area contributed by atoms with Crippen LogP contribution in [0.25, 0.3) is 0 Å². The highest BCUT2D eigenvalue weighted by Gasteiger charge is 2.40. The average Bonchev–Trinajstić information content (AvgIpc) is 2.36. The van der Waals surface area contributed by atoms with Crippen LogP contribution in [0.3, 0.4) is 0 Å². The van der Waals surface area contributed by atoms with Gasteiger partial charge in [0.25, 0.3) is 0 Å². The third-order valence-corrected chi connectivity index (χ3v) is 5.54. The fraction of sp³-hybridized carbons (Fsp3) is 0.385. The number of hydrogen-bond donors (Lipinski definition) is 2. The Labute approximate surface area is 117 Å². The van der Waals surface area contributed by atoms with Gasteiger partial charge >= 0.3 is 5.97 Å². The minimum absolute atomic E-state index is 0.0454. The molecule has 20 heavy (non-hydrogen) atoms. The molecular weight excluding hydrogens is 282 g/mol. The van der Waals surface area contributed by atoms with Crippen LogP contribution in [0.1, 0.15) is 18.9 Å². The first kappa shape index (κ1) is 16.2. The number of nitrogens with two attached hydrogens (primary N) is 1. The van der Waals surface area contributed by atoms with Gasteiger partial charge in [-0.25, -0.2) is 8.42 Å². The summed E-state index contributed by atoms with van der Waals surface area (Å²) in [6, 6.07) is 8.39. The number of carboxylic acid groups (broad SMARTS) is 1. The van der Waals surface area contributed by atoms with Crippen LogP contribution >= 0.6 is 0 Å². The van der Waals surface area contributed by atoms with Crippen LogP contribution in [-0.4, -0.2) is 35.9 Å². The van der Waals surface area contributed by atoms with Crippen LogP contribution in [0, 0.1) is 0 Å². The van der Waals surface area contributed by atoms with Gasteiger partial charge in [-0.3, -0.25) is 9.59 Å². The van der Waals surface area contributed by atoms with E-state index in [0.717, 1.165) is 0 Å². The lowest BCUT2D eigenvalue weighted by molar-refractivity contribution is -0.136. The second-order valence-electron chi connectivity index (χ2n) is 4.40. The van der Waals surface area contributed by atoms with Crippen LogP contribution < -0.4 is 5.73 Å². The zero-order valence-electron chi connectivity index (χ0n) is 11.0. The molecule has 0 heterocycles. The van der Waals surface area contributed by atoms with Gasteiger partial charge in [-0.15, -0.1) is 0 Å². The summed E-state index contributed by atoms with van der Waals surface area (Å²) in [6.45, 7) is 1.48. The van der Waals surface area contributed by atoms with Gasteiger partial charge < -0.3 is 10.8 Å². The molecule has 2 atom stereocenters. The zero-order valence-corrected chi connectivity index (χ0v) is 11.8. The lowest BCUT2D eigenvalue weighted by atomic mass is 10.1. The van der Waals surface area contributed by atoms with Gasteiger partial charge in [0.15, 0.2) is 15.1 Å². The fourth-order valence-electron chi connectivity index (χ4n) is 1.97. The molecular formula is C13H17NO5S. The number of primary amides is 1. The van der Waals surface area contributed by atoms with E-state index < -0.39 is 32.2 Å². The Hall–Kier alpha value is -1.89. The molecule has 110 valence electrons. The Kier molecular flexibility index (Phi) is 5.26. The van der Waals surface area contributed by atoms with Gasteiger partial charge in [-0.2, -0.15) is 0 Å². The molecule has 1 amide bonds. The number of hydrogen-bond acceptors (Lipinski definition) is 4. The van der Waals surface area contributed by atoms with Crippen LogP contribution in [-0.2, 0) is 25.8 Å². The van der Waals surface area contributed by atoms with Gasteiger partial charge in [0.05, 0.1) is 0 Å². The molecule has 0 aliphatic rings. The van der Waals surface area contributed by atoms with Gasteiger partial charge in [-0.1, -0.05) is 37.3 Å². The number of carbonyl (C=O) groups excluding carboxylic acids is 1. The largest absolute Gasteiger partial charge is 0.480 e. The quantitative estimate of drug-likeness (QED) is 0.754. The molecule has 0 aliphatic carbocycles. The van der Waals surface area contributed by atoms with Gasteiger partial charge in [0.2, 0.25) is 5.91 Å². The molecule has 3 N–H and O–H groups in total. The molecule has 0 aromatic heterocycles. The first-order chi connectivity index (χ1) is 9.30. The lowest BCUT2D eigenvalue weighted by Crippen LogP contribution is -2.45. The highest BCUT2D eigenvalue weighted by atomic mass is 32.2. The Bertz CT molecular complexity index is 582. The number of aliphatic carboxylic acids is 1. The highest BCUT2D eigenvalue weighted by Crippen LogP contribution is 2.18. The Balaban J connectivity index is 3.14. The molecule has 0 bridgehead atoms. The van der Waals surface area contributed by atoms with E-state index >= 15 is 0 Å². The smallest absolute Gasteiger partial charge is 0.322 e. The first-order valence-electron chi connectivity index (χ1n) is 6.09. The molecule has 0 spiro atoms. The molecule has 0 radical (unpaired) electrons. The van der Waals surface area contributed by atoms with E-state index in [0.29, 0.717) is 5.56 Å². The fourth-order valence-corrected chi connectivity index (χ4v) is 3.86. The van der Waals surface area contributed by atoms with Gasteiger partial charge in [0, 0.05) is 0 Å².